The van der Waals surface area contributed by atoms with Crippen LogP contribution in [0.25, 0.3) is 0 Å². The minimum atomic E-state index is -1.43. The number of aldehydes is 1. The molecule has 0 spiro atoms. The van der Waals surface area contributed by atoms with Crippen LogP contribution in [0.15, 0.2) is 18.2 Å². The fraction of sp³-hybridized carbons (Fsp3) is 0.125. The number of nitrogens with one attached hydrogen (secondary N) is 1. The second kappa shape index (κ2) is 4.08. The van der Waals surface area contributed by atoms with Crippen LogP contribution in [0, 0.1) is 16.2 Å². The predicted molar refractivity (Wildman–Crippen MR) is 43.5 cm³/mol. The largest absolute Gasteiger partial charge is 0.628 e. The summed E-state index contributed by atoms with van der Waals surface area (Å²) >= 11 is 0. The maximum atomic E-state index is 12.9. The molecular weight excluding hydrogens is 177 g/mol. The summed E-state index contributed by atoms with van der Waals surface area (Å²) < 4.78 is 12.9. The van der Waals surface area contributed by atoms with Gasteiger partial charge in [-0.3, -0.25) is 0 Å². The highest BCUT2D eigenvalue weighted by molar-refractivity contribution is 5.55. The van der Waals surface area contributed by atoms with Crippen molar-refractivity contribution in [2.45, 2.75) is 6.42 Å². The van der Waals surface area contributed by atoms with Gasteiger partial charge in [-0.15, -0.1) is 0 Å². The molecule has 70 valence electrons. The molecule has 0 aliphatic rings. The first kappa shape index (κ1) is 9.79. The summed E-state index contributed by atoms with van der Waals surface area (Å²) in [6, 6.07) is 3.31. The van der Waals surface area contributed by atoms with Gasteiger partial charge in [0, 0.05) is 18.6 Å². The molecule has 0 saturated heterocycles. The normalized spacial score (nSPS) is 10.5. The summed E-state index contributed by atoms with van der Waals surface area (Å²) in [5.41, 5.74) is -0.0489. The number of benzene rings is 1. The zero-order valence-electron chi connectivity index (χ0n) is 6.62. The third-order valence-corrected chi connectivity index (χ3v) is 1.59. The molecular formula is C8H7FNO3-. The Kier molecular flexibility index (Phi) is 3.07. The zero-order chi connectivity index (χ0) is 9.84. The molecule has 5 heteroatoms. The van der Waals surface area contributed by atoms with Crippen molar-refractivity contribution in [2.75, 3.05) is 0 Å². The van der Waals surface area contributed by atoms with E-state index < -0.39 is 11.0 Å². The van der Waals surface area contributed by atoms with Crippen molar-refractivity contribution in [1.29, 1.82) is 0 Å². The van der Waals surface area contributed by atoms with E-state index in [1.807, 2.05) is 0 Å². The molecule has 1 N–H and O–H groups in total. The molecule has 0 aliphatic carbocycles. The summed E-state index contributed by atoms with van der Waals surface area (Å²) in [6.07, 6.45) is 0.496. The van der Waals surface area contributed by atoms with Crippen LogP contribution in [0.3, 0.4) is 0 Å². The van der Waals surface area contributed by atoms with E-state index in [0.717, 1.165) is 6.07 Å². The van der Waals surface area contributed by atoms with E-state index in [0.29, 0.717) is 6.29 Å². The standard InChI is InChI=1S/C8H7FNO3/c9-8-5-7(10(12)13)2-1-6(8)3-4-11/h1-2,4-5,10H,3H2/q-1. The van der Waals surface area contributed by atoms with Crippen LogP contribution < -0.4 is 5.23 Å². The number of hydrogen-bond acceptors (Lipinski definition) is 3. The summed E-state index contributed by atoms with van der Waals surface area (Å²) in [4.78, 5) is 10.0. The fourth-order valence-corrected chi connectivity index (χ4v) is 0.930. The Morgan fingerprint density at radius 1 is 1.46 bits per heavy atom. The van der Waals surface area contributed by atoms with Crippen LogP contribution in [-0.4, -0.2) is 6.29 Å². The van der Waals surface area contributed by atoms with Gasteiger partial charge in [0.05, 0.1) is 0 Å². The molecule has 1 aromatic carbocycles. The van der Waals surface area contributed by atoms with Gasteiger partial charge in [-0.05, 0) is 11.6 Å². The van der Waals surface area contributed by atoms with Crippen LogP contribution in [0.2, 0.25) is 0 Å². The van der Waals surface area contributed by atoms with Gasteiger partial charge in [-0.25, -0.2) is 4.39 Å². The van der Waals surface area contributed by atoms with Gasteiger partial charge < -0.3 is 20.4 Å². The number of quaternary nitrogens is 1. The van der Waals surface area contributed by atoms with Gasteiger partial charge in [-0.1, -0.05) is 0 Å². The maximum absolute atomic E-state index is 12.9. The van der Waals surface area contributed by atoms with Gasteiger partial charge in [0.25, 0.3) is 0 Å². The lowest BCUT2D eigenvalue weighted by atomic mass is 10.1. The highest BCUT2D eigenvalue weighted by Gasteiger charge is 2.04. The number of rotatable bonds is 3. The molecule has 4 nitrogen and oxygen atoms in total. The lowest BCUT2D eigenvalue weighted by Crippen LogP contribution is -2.96. The van der Waals surface area contributed by atoms with Crippen molar-refractivity contribution in [2.24, 2.45) is 0 Å². The van der Waals surface area contributed by atoms with Gasteiger partial charge in [0.1, 0.15) is 17.8 Å². The smallest absolute Gasteiger partial charge is 0.134 e. The topological polar surface area (TPSA) is 67.6 Å². The molecule has 0 unspecified atom stereocenters. The number of halogens is 1. The molecule has 0 heterocycles. The number of carbonyl (C=O) groups is 1. The van der Waals surface area contributed by atoms with Crippen LogP contribution >= 0.6 is 0 Å². The van der Waals surface area contributed by atoms with E-state index in [4.69, 9.17) is 0 Å². The molecule has 13 heavy (non-hydrogen) atoms. The molecule has 0 aliphatic heterocycles. The van der Waals surface area contributed by atoms with Crippen molar-refractivity contribution in [3.8, 4) is 0 Å². The Labute approximate surface area is 73.7 Å². The van der Waals surface area contributed by atoms with Crippen LogP contribution in [0.1, 0.15) is 5.56 Å². The summed E-state index contributed by atoms with van der Waals surface area (Å²) in [6.45, 7) is 0. The second-order valence-electron chi connectivity index (χ2n) is 2.46. The van der Waals surface area contributed by atoms with E-state index in [9.17, 15) is 19.6 Å². The zero-order valence-corrected chi connectivity index (χ0v) is 6.62. The Morgan fingerprint density at radius 2 is 2.15 bits per heavy atom. The van der Waals surface area contributed by atoms with Gasteiger partial charge in [-0.2, -0.15) is 0 Å². The first-order valence-corrected chi connectivity index (χ1v) is 3.58. The summed E-state index contributed by atoms with van der Waals surface area (Å²) in [5.74, 6) is -0.700. The molecule has 0 radical (unpaired) electrons. The van der Waals surface area contributed by atoms with Crippen molar-refractivity contribution >= 4 is 12.0 Å². The third kappa shape index (κ3) is 2.32. The van der Waals surface area contributed by atoms with Gasteiger partial charge in [0.2, 0.25) is 0 Å². The van der Waals surface area contributed by atoms with Crippen LogP contribution in [0.4, 0.5) is 10.1 Å². The molecule has 0 fully saturated rings. The van der Waals surface area contributed by atoms with Crippen LogP contribution in [0.5, 0.6) is 0 Å². The third-order valence-electron chi connectivity index (χ3n) is 1.59. The monoisotopic (exact) mass is 184 g/mol. The van der Waals surface area contributed by atoms with E-state index in [-0.39, 0.29) is 17.7 Å². The number of carbonyl (C=O) groups excluding carboxylic acids is 1. The number of hydrogen-bond donors (Lipinski definition) is 1. The van der Waals surface area contributed by atoms with Gasteiger partial charge in [0.15, 0.2) is 0 Å². The lowest BCUT2D eigenvalue weighted by molar-refractivity contribution is -0.715. The fourth-order valence-electron chi connectivity index (χ4n) is 0.930. The van der Waals surface area contributed by atoms with Crippen molar-refractivity contribution in [1.82, 2.24) is 0 Å². The highest BCUT2D eigenvalue weighted by Crippen LogP contribution is 2.11. The second-order valence-corrected chi connectivity index (χ2v) is 2.46. The quantitative estimate of drug-likeness (QED) is 0.534. The summed E-state index contributed by atoms with van der Waals surface area (Å²) in [5, 5.41) is 19.1. The first-order valence-electron chi connectivity index (χ1n) is 3.58. The maximum Gasteiger partial charge on any atom is 0.134 e. The van der Waals surface area contributed by atoms with E-state index in [1.165, 1.54) is 12.1 Å². The SMILES string of the molecule is O=CCc1ccc([NH+]([O-])[O-])cc1F. The van der Waals surface area contributed by atoms with E-state index >= 15 is 0 Å². The minimum absolute atomic E-state index is 0.0564. The van der Waals surface area contributed by atoms with Crippen molar-refractivity contribution in [3.63, 3.8) is 0 Å². The molecule has 0 atom stereocenters. The first-order chi connectivity index (χ1) is 6.15. The molecule has 0 saturated carbocycles. The molecule has 0 amide bonds. The van der Waals surface area contributed by atoms with E-state index in [2.05, 4.69) is 0 Å². The molecule has 0 bridgehead atoms. The highest BCUT2D eigenvalue weighted by atomic mass is 19.1. The van der Waals surface area contributed by atoms with Crippen LogP contribution in [-0.2, 0) is 11.2 Å². The lowest BCUT2D eigenvalue weighted by Gasteiger charge is -2.24. The van der Waals surface area contributed by atoms with Gasteiger partial charge >= 0.3 is 0 Å². The Morgan fingerprint density at radius 3 is 2.62 bits per heavy atom. The average molecular weight is 184 g/mol. The Bertz CT molecular complexity index is 314. The molecule has 1 rings (SSSR count). The Hall–Kier alpha value is -1.30. The molecule has 1 aromatic rings. The average Bonchev–Trinajstić information content (AvgIpc) is 2.08. The minimum Gasteiger partial charge on any atom is -0.628 e. The van der Waals surface area contributed by atoms with Crippen molar-refractivity contribution < 1.29 is 14.4 Å². The predicted octanol–water partition coefficient (Wildman–Crippen LogP) is 0.0791. The van der Waals surface area contributed by atoms with E-state index in [1.54, 1.807) is 0 Å². The summed E-state index contributed by atoms with van der Waals surface area (Å²) in [7, 11) is 0. The Balaban J connectivity index is 2.98. The van der Waals surface area contributed by atoms with Crippen molar-refractivity contribution in [3.05, 3.63) is 40.0 Å². The molecule has 0 aromatic heterocycles.